The van der Waals surface area contributed by atoms with E-state index in [1.54, 1.807) is 24.8 Å². The van der Waals surface area contributed by atoms with Gasteiger partial charge in [0, 0.05) is 12.8 Å². The summed E-state index contributed by atoms with van der Waals surface area (Å²) in [5.74, 6) is -0.989. The first-order valence-electron chi connectivity index (χ1n) is 7.98. The van der Waals surface area contributed by atoms with Crippen molar-refractivity contribution < 1.29 is 19.4 Å². The van der Waals surface area contributed by atoms with Crippen LogP contribution in [0.1, 0.15) is 47.0 Å². The number of rotatable bonds is 6. The average Bonchev–Trinajstić information content (AvgIpc) is 2.98. The smallest absolute Gasteiger partial charge is 0.339 e. The third-order valence-corrected chi connectivity index (χ3v) is 3.04. The van der Waals surface area contributed by atoms with Crippen molar-refractivity contribution in [3.05, 3.63) is 24.0 Å². The number of carboxylic acid groups (broad SMARTS) is 1. The van der Waals surface area contributed by atoms with Gasteiger partial charge in [0.25, 0.3) is 0 Å². The predicted octanol–water partition coefficient (Wildman–Crippen LogP) is 3.00. The second-order valence-electron chi connectivity index (χ2n) is 5.04. The molecule has 0 spiro atoms. The summed E-state index contributed by atoms with van der Waals surface area (Å²) >= 11 is 0. The van der Waals surface area contributed by atoms with Gasteiger partial charge in [0.2, 0.25) is 0 Å². The van der Waals surface area contributed by atoms with Crippen molar-refractivity contribution in [2.24, 2.45) is 4.99 Å². The molecule has 0 aliphatic carbocycles. The molecule has 0 radical (unpaired) electrons. The molecule has 1 aliphatic heterocycles. The Kier molecular flexibility index (Phi) is 10.4. The fourth-order valence-electron chi connectivity index (χ4n) is 2.01. The lowest BCUT2D eigenvalue weighted by Crippen LogP contribution is -2.34. The van der Waals surface area contributed by atoms with Crippen LogP contribution < -0.4 is 0 Å². The summed E-state index contributed by atoms with van der Waals surface area (Å²) in [6, 6.07) is -0.587. The van der Waals surface area contributed by atoms with Crippen molar-refractivity contribution >= 4 is 18.2 Å². The Morgan fingerprint density at radius 3 is 2.48 bits per heavy atom. The minimum absolute atomic E-state index is 0.290. The van der Waals surface area contributed by atoms with Gasteiger partial charge in [-0.1, -0.05) is 32.9 Å². The van der Waals surface area contributed by atoms with Gasteiger partial charge in [0.05, 0.1) is 12.2 Å². The molecule has 1 fully saturated rings. The van der Waals surface area contributed by atoms with Crippen LogP contribution in [-0.4, -0.2) is 47.4 Å². The van der Waals surface area contributed by atoms with Gasteiger partial charge in [0.15, 0.2) is 0 Å². The Morgan fingerprint density at radius 1 is 1.39 bits per heavy atom. The normalized spacial score (nSPS) is 17.7. The lowest BCUT2D eigenvalue weighted by molar-refractivity contribution is -0.141. The minimum atomic E-state index is -0.879. The van der Waals surface area contributed by atoms with Crippen LogP contribution in [0.3, 0.4) is 0 Å². The summed E-state index contributed by atoms with van der Waals surface area (Å²) in [6.45, 7) is 12.3. The summed E-state index contributed by atoms with van der Waals surface area (Å²) in [4.78, 5) is 28.4. The Balaban J connectivity index is 0.00000149. The number of hydrogen-bond acceptors (Lipinski definition) is 5. The molecule has 130 valence electrons. The van der Waals surface area contributed by atoms with Crippen molar-refractivity contribution in [3.8, 4) is 0 Å². The first kappa shape index (κ1) is 20.9. The van der Waals surface area contributed by atoms with E-state index in [0.29, 0.717) is 24.4 Å². The summed E-state index contributed by atoms with van der Waals surface area (Å²) in [5.41, 5.74) is 0.319. The Labute approximate surface area is 138 Å². The van der Waals surface area contributed by atoms with Crippen molar-refractivity contribution in [2.45, 2.75) is 53.0 Å². The van der Waals surface area contributed by atoms with Crippen LogP contribution in [0.4, 0.5) is 0 Å². The molecule has 0 saturated carbocycles. The van der Waals surface area contributed by atoms with Crippen LogP contribution in [0.5, 0.6) is 0 Å². The van der Waals surface area contributed by atoms with Crippen LogP contribution in [0.15, 0.2) is 29.0 Å². The minimum Gasteiger partial charge on any atom is -0.480 e. The molecule has 0 aromatic heterocycles. The molecule has 1 atom stereocenters. The predicted molar refractivity (Wildman–Crippen MR) is 91.4 cm³/mol. The number of aliphatic carboxylic acids is 1. The maximum absolute atomic E-state index is 11.6. The van der Waals surface area contributed by atoms with Gasteiger partial charge in [-0.3, -0.25) is 0 Å². The summed E-state index contributed by atoms with van der Waals surface area (Å²) < 4.78 is 4.88. The molecular weight excluding hydrogens is 296 g/mol. The molecule has 6 heteroatoms. The Bertz CT molecular complexity index is 469. The number of aliphatic imine (C=N–C) groups is 1. The van der Waals surface area contributed by atoms with Gasteiger partial charge in [-0.15, -0.1) is 0 Å². The van der Waals surface area contributed by atoms with E-state index in [9.17, 15) is 9.59 Å². The molecule has 1 heterocycles. The van der Waals surface area contributed by atoms with Gasteiger partial charge in [-0.25, -0.2) is 14.6 Å². The Hall–Kier alpha value is -2.11. The average molecular weight is 324 g/mol. The lowest BCUT2D eigenvalue weighted by Gasteiger charge is -2.22. The first-order chi connectivity index (χ1) is 10.9. The monoisotopic (exact) mass is 324 g/mol. The zero-order valence-corrected chi connectivity index (χ0v) is 14.5. The highest BCUT2D eigenvalue weighted by atomic mass is 16.5. The third kappa shape index (κ3) is 7.13. The number of carboxylic acids is 1. The maximum atomic E-state index is 11.6. The molecule has 23 heavy (non-hydrogen) atoms. The van der Waals surface area contributed by atoms with Crippen molar-refractivity contribution in [1.82, 2.24) is 4.90 Å². The molecule has 0 amide bonds. The van der Waals surface area contributed by atoms with Gasteiger partial charge in [-0.2, -0.15) is 0 Å². The van der Waals surface area contributed by atoms with Crippen LogP contribution in [0, 0.1) is 0 Å². The van der Waals surface area contributed by atoms with Gasteiger partial charge in [-0.05, 0) is 26.7 Å². The first-order valence-corrected chi connectivity index (χ1v) is 7.98. The maximum Gasteiger partial charge on any atom is 0.339 e. The quantitative estimate of drug-likeness (QED) is 0.461. The Morgan fingerprint density at radius 2 is 2.00 bits per heavy atom. The van der Waals surface area contributed by atoms with E-state index in [1.807, 2.05) is 0 Å². The zero-order valence-electron chi connectivity index (χ0n) is 14.5. The van der Waals surface area contributed by atoms with Crippen LogP contribution in [0.25, 0.3) is 0 Å². The van der Waals surface area contributed by atoms with Gasteiger partial charge in [0.1, 0.15) is 11.9 Å². The number of likely N-dealkylation sites (tertiary alicyclic amines) is 1. The molecule has 1 unspecified atom stereocenters. The zero-order chi connectivity index (χ0) is 17.8. The standard InChI is InChI=1S/C14H20N2O4.C3H8/c1-4-11(14(19)20-5-2)9-15-10(3)16-8-6-7-12(16)13(17)18;1-3-2/h4,9,12H,3,5-8H2,1-2H3,(H,17,18);3H2,1-2H3/b11-4+,15-9-;. The molecule has 1 aliphatic rings. The molecule has 0 aromatic carbocycles. The van der Waals surface area contributed by atoms with E-state index >= 15 is 0 Å². The molecular formula is C17H28N2O4. The largest absolute Gasteiger partial charge is 0.480 e. The fourth-order valence-corrected chi connectivity index (χ4v) is 2.01. The van der Waals surface area contributed by atoms with Crippen LogP contribution >= 0.6 is 0 Å². The fraction of sp³-hybridized carbons (Fsp3) is 0.588. The van der Waals surface area contributed by atoms with E-state index in [0.717, 1.165) is 6.42 Å². The SMILES string of the molecule is C=C(/N=C\C(=C/C)C(=O)OCC)N1CCCC1C(=O)O.CCC. The number of nitrogens with zero attached hydrogens (tertiary/aromatic N) is 2. The highest BCUT2D eigenvalue weighted by Crippen LogP contribution is 2.22. The van der Waals surface area contributed by atoms with Crippen LogP contribution in [0.2, 0.25) is 0 Å². The number of carbonyl (C=O) groups excluding carboxylic acids is 1. The van der Waals surface area contributed by atoms with Gasteiger partial charge >= 0.3 is 11.9 Å². The highest BCUT2D eigenvalue weighted by molar-refractivity contribution is 6.09. The van der Waals surface area contributed by atoms with Crippen molar-refractivity contribution in [1.29, 1.82) is 0 Å². The molecule has 1 rings (SSSR count). The third-order valence-electron chi connectivity index (χ3n) is 3.04. The topological polar surface area (TPSA) is 79.2 Å². The van der Waals surface area contributed by atoms with E-state index in [1.165, 1.54) is 12.6 Å². The molecule has 0 bridgehead atoms. The summed E-state index contributed by atoms with van der Waals surface area (Å²) in [6.07, 6.45) is 5.57. The van der Waals surface area contributed by atoms with Gasteiger partial charge < -0.3 is 14.7 Å². The summed E-state index contributed by atoms with van der Waals surface area (Å²) in [5, 5.41) is 9.09. The molecule has 1 N–H and O–H groups in total. The molecule has 0 aromatic rings. The van der Waals surface area contributed by atoms with Crippen molar-refractivity contribution in [3.63, 3.8) is 0 Å². The van der Waals surface area contributed by atoms with Crippen LogP contribution in [-0.2, 0) is 14.3 Å². The van der Waals surface area contributed by atoms with Crippen molar-refractivity contribution in [2.75, 3.05) is 13.2 Å². The number of carbonyl (C=O) groups is 2. The second-order valence-corrected chi connectivity index (χ2v) is 5.04. The molecule has 6 nitrogen and oxygen atoms in total. The highest BCUT2D eigenvalue weighted by Gasteiger charge is 2.31. The van der Waals surface area contributed by atoms with E-state index in [2.05, 4.69) is 25.4 Å². The van der Waals surface area contributed by atoms with E-state index in [-0.39, 0.29) is 6.61 Å². The molecule has 1 saturated heterocycles. The van der Waals surface area contributed by atoms with E-state index in [4.69, 9.17) is 9.84 Å². The summed E-state index contributed by atoms with van der Waals surface area (Å²) in [7, 11) is 0. The van der Waals surface area contributed by atoms with E-state index < -0.39 is 18.0 Å². The number of esters is 1. The number of hydrogen-bond donors (Lipinski definition) is 1. The second kappa shape index (κ2) is 11.5. The number of allylic oxidation sites excluding steroid dienone is 1. The lowest BCUT2D eigenvalue weighted by atomic mass is 10.2. The number of ether oxygens (including phenoxy) is 1.